The first-order valence-electron chi connectivity index (χ1n) is 8.30. The van der Waals surface area contributed by atoms with Crippen molar-refractivity contribution in [2.24, 2.45) is 0 Å². The molecule has 0 atom stereocenters. The predicted octanol–water partition coefficient (Wildman–Crippen LogP) is 8.76. The Morgan fingerprint density at radius 2 is 0.750 bits per heavy atom. The van der Waals surface area contributed by atoms with Crippen LogP contribution in [0, 0.1) is 0 Å². The molecule has 0 unspecified atom stereocenters. The summed E-state index contributed by atoms with van der Waals surface area (Å²) in [6.45, 7) is 14.1. The molecule has 160 valence electrons. The lowest BCUT2D eigenvalue weighted by Crippen LogP contribution is -1.87. The molecule has 0 saturated heterocycles. The van der Waals surface area contributed by atoms with Crippen molar-refractivity contribution >= 4 is 0 Å². The Hall–Kier alpha value is -0.320. The Morgan fingerprint density at radius 3 is 0.792 bits per heavy atom. The largest absolute Gasteiger partial charge is 0.351 e. The second kappa shape index (κ2) is 114. The van der Waals surface area contributed by atoms with E-state index in [1.54, 1.807) is 0 Å². The number of hydrogen-bond acceptors (Lipinski definition) is 1. The van der Waals surface area contributed by atoms with Crippen molar-refractivity contribution in [1.29, 1.82) is 0 Å². The number of alkyl halides is 4. The van der Waals surface area contributed by atoms with Crippen LogP contribution < -0.4 is 0 Å². The second-order valence-corrected chi connectivity index (χ2v) is 3.53. The molecule has 0 aliphatic heterocycles. The van der Waals surface area contributed by atoms with E-state index in [0.29, 0.717) is 6.61 Å². The van der Waals surface area contributed by atoms with Gasteiger partial charge in [0, 0.05) is 6.61 Å². The number of rotatable bonds is 4. The second-order valence-electron chi connectivity index (χ2n) is 3.53. The normalized spacial score (nSPS) is 6.50. The van der Waals surface area contributed by atoms with Crippen LogP contribution in [0.5, 0.6) is 0 Å². The zero-order valence-electron chi connectivity index (χ0n) is 16.3. The molecule has 0 fully saturated rings. The zero-order valence-corrected chi connectivity index (χ0v) is 16.3. The van der Waals surface area contributed by atoms with Crippen molar-refractivity contribution in [1.82, 2.24) is 0 Å². The molecule has 0 heterocycles. The number of ether oxygens (including phenoxy) is 1. The monoisotopic (exact) mass is 370 g/mol. The molecule has 0 amide bonds. The highest BCUT2D eigenvalue weighted by Gasteiger charge is 1.75. The highest BCUT2D eigenvalue weighted by atomic mass is 19.1. The minimum Gasteiger partial charge on any atom is -0.351 e. The van der Waals surface area contributed by atoms with Crippen LogP contribution in [0.2, 0.25) is 0 Å². The average molecular weight is 371 g/mol. The lowest BCUT2D eigenvalue weighted by atomic mass is 10.4. The van der Waals surface area contributed by atoms with Crippen molar-refractivity contribution < 1.29 is 22.3 Å². The smallest absolute Gasteiger partial charge is 0.188 e. The minimum absolute atomic E-state index is 0. The van der Waals surface area contributed by atoms with E-state index in [1.807, 2.05) is 6.92 Å². The van der Waals surface area contributed by atoms with Crippen LogP contribution in [0.1, 0.15) is 95.9 Å². The molecule has 0 aromatic carbocycles. The van der Waals surface area contributed by atoms with Crippen molar-refractivity contribution in [3.8, 4) is 0 Å². The Labute approximate surface area is 152 Å². The third-order valence-corrected chi connectivity index (χ3v) is 0.926. The predicted molar refractivity (Wildman–Crippen MR) is 107 cm³/mol. The lowest BCUT2D eigenvalue weighted by Gasteiger charge is -1.88. The molecule has 0 radical (unpaired) electrons. The summed E-state index contributed by atoms with van der Waals surface area (Å²) in [5.74, 6) is 0. The maximum Gasteiger partial charge on any atom is 0.188 e. The molecule has 5 heteroatoms. The van der Waals surface area contributed by atoms with Crippen LogP contribution in [0.25, 0.3) is 0 Å². The molecular formula is C19H50F4O. The van der Waals surface area contributed by atoms with Gasteiger partial charge in [0.25, 0.3) is 0 Å². The number of unbranched alkanes of at least 4 members (excludes halogenated alkanes) is 1. The molecule has 0 N–H and O–H groups in total. The van der Waals surface area contributed by atoms with Crippen molar-refractivity contribution in [2.75, 3.05) is 33.5 Å². The summed E-state index contributed by atoms with van der Waals surface area (Å²) in [5.41, 5.74) is 0. The summed E-state index contributed by atoms with van der Waals surface area (Å²) in [6, 6.07) is 0. The third-order valence-electron chi connectivity index (χ3n) is 0.926. The van der Waals surface area contributed by atoms with Gasteiger partial charge in [-0.3, -0.25) is 13.2 Å². The summed E-state index contributed by atoms with van der Waals surface area (Å²) >= 11 is 0. The van der Waals surface area contributed by atoms with Crippen LogP contribution in [-0.2, 0) is 4.74 Å². The molecule has 0 aromatic rings. The van der Waals surface area contributed by atoms with Gasteiger partial charge in [-0.25, -0.2) is 4.39 Å². The Kier molecular flexibility index (Phi) is 235. The molecule has 0 saturated carbocycles. The van der Waals surface area contributed by atoms with Crippen LogP contribution in [0.3, 0.4) is 0 Å². The summed E-state index contributed by atoms with van der Waals surface area (Å²) in [4.78, 5) is 0. The molecule has 0 aromatic heterocycles. The van der Waals surface area contributed by atoms with E-state index in [0.717, 1.165) is 6.42 Å². The lowest BCUT2D eigenvalue weighted by molar-refractivity contribution is 0.0584. The maximum atomic E-state index is 11.0. The first-order valence-corrected chi connectivity index (χ1v) is 8.30. The van der Waals surface area contributed by atoms with Gasteiger partial charge in [-0.15, -0.1) is 0 Å². The molecule has 24 heavy (non-hydrogen) atoms. The summed E-state index contributed by atoms with van der Waals surface area (Å²) in [5, 5.41) is 0. The summed E-state index contributed by atoms with van der Waals surface area (Å²) < 4.78 is 46.1. The van der Waals surface area contributed by atoms with Crippen molar-refractivity contribution in [3.05, 3.63) is 0 Å². The fourth-order valence-corrected chi connectivity index (χ4v) is 0.199. The van der Waals surface area contributed by atoms with E-state index < -0.39 is 6.86 Å². The van der Waals surface area contributed by atoms with Gasteiger partial charge in [0.2, 0.25) is 0 Å². The van der Waals surface area contributed by atoms with Crippen molar-refractivity contribution in [2.45, 2.75) is 95.9 Å². The topological polar surface area (TPSA) is 9.23 Å². The standard InChI is InChI=1S/C4H9FO.C4H10.C3H8.3C2H5F.2CH4/c1-2-3-6-4-5;1-3-4-2;1-3-2;3*1-2-3;;/h2-4H2,1H3;3-4H2,1-2H3;3H2,1-2H3;3*2H2,1H3;2*1H4. The first kappa shape index (κ1) is 49.5. The van der Waals surface area contributed by atoms with E-state index >= 15 is 0 Å². The van der Waals surface area contributed by atoms with Gasteiger partial charge >= 0.3 is 0 Å². The van der Waals surface area contributed by atoms with E-state index in [2.05, 4.69) is 32.4 Å². The van der Waals surface area contributed by atoms with Crippen molar-refractivity contribution in [3.63, 3.8) is 0 Å². The van der Waals surface area contributed by atoms with E-state index in [9.17, 15) is 17.6 Å². The molecule has 0 rings (SSSR count). The van der Waals surface area contributed by atoms with Gasteiger partial charge in [-0.05, 0) is 27.2 Å². The number of halogens is 4. The molecule has 0 aliphatic rings. The minimum atomic E-state index is -0.645. The van der Waals surface area contributed by atoms with Gasteiger partial charge in [-0.2, -0.15) is 0 Å². The highest BCUT2D eigenvalue weighted by molar-refractivity contribution is 4.17. The van der Waals surface area contributed by atoms with Gasteiger partial charge in [0.15, 0.2) is 6.86 Å². The molecule has 0 aliphatic carbocycles. The third kappa shape index (κ3) is 685. The van der Waals surface area contributed by atoms with E-state index in [1.165, 1.54) is 40.0 Å². The number of hydrogen-bond donors (Lipinski definition) is 0. The van der Waals surface area contributed by atoms with E-state index in [4.69, 9.17) is 0 Å². The van der Waals surface area contributed by atoms with Crippen LogP contribution in [0.4, 0.5) is 17.6 Å². The van der Waals surface area contributed by atoms with Crippen LogP contribution in [0.15, 0.2) is 0 Å². The van der Waals surface area contributed by atoms with Gasteiger partial charge in [-0.1, -0.05) is 68.7 Å². The average Bonchev–Trinajstić information content (AvgIpc) is 2.49. The first-order chi connectivity index (χ1) is 10.5. The quantitative estimate of drug-likeness (QED) is 0.355. The molecule has 0 spiro atoms. The highest BCUT2D eigenvalue weighted by Crippen LogP contribution is 1.77. The van der Waals surface area contributed by atoms with Gasteiger partial charge < -0.3 is 4.74 Å². The van der Waals surface area contributed by atoms with Crippen LogP contribution in [-0.4, -0.2) is 33.5 Å². The van der Waals surface area contributed by atoms with Gasteiger partial charge in [0.05, 0.1) is 20.0 Å². The summed E-state index contributed by atoms with van der Waals surface area (Å²) in [7, 11) is 0. The zero-order chi connectivity index (χ0) is 19.1. The Bertz CT molecular complexity index is 73.8. The molecule has 1 nitrogen and oxygen atoms in total. The maximum absolute atomic E-state index is 11.0. The SMILES string of the molecule is C.C.CCC.CCCC.CCCOCF.CCF.CCF.CCF. The van der Waals surface area contributed by atoms with E-state index in [-0.39, 0.29) is 34.9 Å². The molecule has 0 bridgehead atoms. The summed E-state index contributed by atoms with van der Waals surface area (Å²) in [6.07, 6.45) is 4.78. The fourth-order valence-electron chi connectivity index (χ4n) is 0.199. The fraction of sp³-hybridized carbons (Fsp3) is 1.00. The Balaban J connectivity index is -0.0000000216. The Morgan fingerprint density at radius 1 is 0.542 bits per heavy atom. The van der Waals surface area contributed by atoms with Gasteiger partial charge in [0.1, 0.15) is 0 Å². The van der Waals surface area contributed by atoms with Crippen LogP contribution >= 0.6 is 0 Å². The molecular weight excluding hydrogens is 320 g/mol.